The van der Waals surface area contributed by atoms with Crippen molar-refractivity contribution in [1.82, 2.24) is 30.0 Å². The molecule has 1 fully saturated rings. The molecule has 1 aromatic heterocycles. The number of rotatable bonds is 9. The zero-order valence-corrected chi connectivity index (χ0v) is 16.3. The van der Waals surface area contributed by atoms with Gasteiger partial charge in [-0.15, -0.1) is 5.10 Å². The van der Waals surface area contributed by atoms with Crippen LogP contribution >= 0.6 is 0 Å². The Balaban J connectivity index is 1.38. The topological polar surface area (TPSA) is 67.2 Å². The van der Waals surface area contributed by atoms with Crippen LogP contribution in [0.1, 0.15) is 44.0 Å². The standard InChI is InChI=1S/C20H30N6O/c1-2-3-12-26-19(21-22-23-26)17-24-13-15-25(16-14-24)20(27)11-7-10-18-8-5-4-6-9-18/h4-6,8-9H,2-3,7,10-17H2,1H3. The summed E-state index contributed by atoms with van der Waals surface area (Å²) in [6, 6.07) is 10.4. The van der Waals surface area contributed by atoms with Gasteiger partial charge < -0.3 is 4.90 Å². The summed E-state index contributed by atoms with van der Waals surface area (Å²) in [6.07, 6.45) is 4.72. The molecule has 0 radical (unpaired) electrons. The molecule has 0 spiro atoms. The molecule has 1 saturated heterocycles. The third-order valence-electron chi connectivity index (χ3n) is 5.12. The maximum Gasteiger partial charge on any atom is 0.222 e. The zero-order valence-electron chi connectivity index (χ0n) is 16.3. The molecule has 1 aliphatic rings. The van der Waals surface area contributed by atoms with Gasteiger partial charge in [-0.1, -0.05) is 43.7 Å². The van der Waals surface area contributed by atoms with E-state index in [4.69, 9.17) is 0 Å². The van der Waals surface area contributed by atoms with E-state index in [1.165, 1.54) is 5.56 Å². The van der Waals surface area contributed by atoms with Gasteiger partial charge in [-0.2, -0.15) is 0 Å². The minimum atomic E-state index is 0.276. The maximum atomic E-state index is 12.5. The van der Waals surface area contributed by atoms with E-state index in [1.54, 1.807) is 0 Å². The van der Waals surface area contributed by atoms with Crippen molar-refractivity contribution in [3.63, 3.8) is 0 Å². The Morgan fingerprint density at radius 3 is 2.59 bits per heavy atom. The molecule has 0 aliphatic carbocycles. The van der Waals surface area contributed by atoms with E-state index in [0.717, 1.165) is 70.8 Å². The van der Waals surface area contributed by atoms with Gasteiger partial charge in [0.2, 0.25) is 5.91 Å². The second-order valence-electron chi connectivity index (χ2n) is 7.17. The SMILES string of the molecule is CCCCn1nnnc1CN1CCN(C(=O)CCCc2ccccc2)CC1. The van der Waals surface area contributed by atoms with E-state index in [-0.39, 0.29) is 5.91 Å². The van der Waals surface area contributed by atoms with Crippen molar-refractivity contribution in [2.24, 2.45) is 0 Å². The number of aromatic nitrogens is 4. The Hall–Kier alpha value is -2.28. The average Bonchev–Trinajstić information content (AvgIpc) is 3.14. The Kier molecular flexibility index (Phi) is 7.33. The van der Waals surface area contributed by atoms with Gasteiger partial charge in [0.25, 0.3) is 0 Å². The number of hydrogen-bond donors (Lipinski definition) is 0. The van der Waals surface area contributed by atoms with Gasteiger partial charge in [0.1, 0.15) is 0 Å². The summed E-state index contributed by atoms with van der Waals surface area (Å²) in [5, 5.41) is 12.1. The lowest BCUT2D eigenvalue weighted by Gasteiger charge is -2.34. The van der Waals surface area contributed by atoms with Crippen LogP contribution in [-0.2, 0) is 24.3 Å². The van der Waals surface area contributed by atoms with Gasteiger partial charge in [-0.25, -0.2) is 4.68 Å². The molecular formula is C20H30N6O. The number of hydrogen-bond acceptors (Lipinski definition) is 5. The van der Waals surface area contributed by atoms with Crippen LogP contribution in [-0.4, -0.2) is 62.1 Å². The summed E-state index contributed by atoms with van der Waals surface area (Å²) in [6.45, 7) is 7.14. The molecule has 7 nitrogen and oxygen atoms in total. The number of benzene rings is 1. The Labute approximate surface area is 161 Å². The van der Waals surface area contributed by atoms with E-state index < -0.39 is 0 Å². The van der Waals surface area contributed by atoms with Gasteiger partial charge in [0.05, 0.1) is 6.54 Å². The predicted octanol–water partition coefficient (Wildman–Crippen LogP) is 2.14. The van der Waals surface area contributed by atoms with E-state index in [1.807, 2.05) is 15.6 Å². The van der Waals surface area contributed by atoms with Gasteiger partial charge >= 0.3 is 0 Å². The zero-order chi connectivity index (χ0) is 18.9. The van der Waals surface area contributed by atoms with Gasteiger partial charge in [0.15, 0.2) is 5.82 Å². The van der Waals surface area contributed by atoms with E-state index in [2.05, 4.69) is 51.6 Å². The van der Waals surface area contributed by atoms with Crippen molar-refractivity contribution in [2.45, 2.75) is 52.1 Å². The number of carbonyl (C=O) groups excluding carboxylic acids is 1. The van der Waals surface area contributed by atoms with Crippen LogP contribution < -0.4 is 0 Å². The van der Waals surface area contributed by atoms with Crippen LogP contribution in [0.2, 0.25) is 0 Å². The van der Waals surface area contributed by atoms with E-state index in [9.17, 15) is 4.79 Å². The molecular weight excluding hydrogens is 340 g/mol. The molecule has 1 aliphatic heterocycles. The Bertz CT molecular complexity index is 694. The fourth-order valence-corrected chi connectivity index (χ4v) is 3.42. The van der Waals surface area contributed by atoms with Crippen LogP contribution in [0, 0.1) is 0 Å². The molecule has 146 valence electrons. The van der Waals surface area contributed by atoms with E-state index >= 15 is 0 Å². The summed E-state index contributed by atoms with van der Waals surface area (Å²) in [7, 11) is 0. The summed E-state index contributed by atoms with van der Waals surface area (Å²) >= 11 is 0. The number of unbranched alkanes of at least 4 members (excludes halogenated alkanes) is 1. The summed E-state index contributed by atoms with van der Waals surface area (Å²) in [5.41, 5.74) is 1.30. The third-order valence-corrected chi connectivity index (χ3v) is 5.12. The molecule has 27 heavy (non-hydrogen) atoms. The Morgan fingerprint density at radius 1 is 1.07 bits per heavy atom. The molecule has 2 heterocycles. The molecule has 1 amide bonds. The van der Waals surface area contributed by atoms with Crippen LogP contribution in [0.15, 0.2) is 30.3 Å². The molecule has 0 saturated carbocycles. The number of piperazine rings is 1. The predicted molar refractivity (Wildman–Crippen MR) is 104 cm³/mol. The molecule has 7 heteroatoms. The van der Waals surface area contributed by atoms with Crippen LogP contribution in [0.25, 0.3) is 0 Å². The number of carbonyl (C=O) groups is 1. The Morgan fingerprint density at radius 2 is 1.85 bits per heavy atom. The number of nitrogens with zero attached hydrogens (tertiary/aromatic N) is 6. The monoisotopic (exact) mass is 370 g/mol. The number of amides is 1. The van der Waals surface area contributed by atoms with Crippen molar-refractivity contribution >= 4 is 5.91 Å². The highest BCUT2D eigenvalue weighted by Crippen LogP contribution is 2.10. The second kappa shape index (κ2) is 10.2. The minimum absolute atomic E-state index is 0.276. The lowest BCUT2D eigenvalue weighted by Crippen LogP contribution is -2.48. The molecule has 0 unspecified atom stereocenters. The van der Waals surface area contributed by atoms with Gasteiger partial charge in [-0.3, -0.25) is 9.69 Å². The largest absolute Gasteiger partial charge is 0.340 e. The summed E-state index contributed by atoms with van der Waals surface area (Å²) in [4.78, 5) is 16.8. The average molecular weight is 371 g/mol. The number of tetrazole rings is 1. The molecule has 2 aromatic rings. The second-order valence-corrected chi connectivity index (χ2v) is 7.17. The summed E-state index contributed by atoms with van der Waals surface area (Å²) < 4.78 is 1.91. The van der Waals surface area contributed by atoms with Crippen molar-refractivity contribution < 1.29 is 4.79 Å². The maximum absolute atomic E-state index is 12.5. The third kappa shape index (κ3) is 5.85. The highest BCUT2D eigenvalue weighted by atomic mass is 16.2. The summed E-state index contributed by atoms with van der Waals surface area (Å²) in [5.74, 6) is 1.20. The van der Waals surface area contributed by atoms with Crippen LogP contribution in [0.3, 0.4) is 0 Å². The lowest BCUT2D eigenvalue weighted by molar-refractivity contribution is -0.133. The van der Waals surface area contributed by atoms with Crippen molar-refractivity contribution in [3.8, 4) is 0 Å². The highest BCUT2D eigenvalue weighted by molar-refractivity contribution is 5.76. The molecule has 0 bridgehead atoms. The van der Waals surface area contributed by atoms with Crippen molar-refractivity contribution in [2.75, 3.05) is 26.2 Å². The number of aryl methyl sites for hydroxylation is 2. The smallest absolute Gasteiger partial charge is 0.222 e. The van der Waals surface area contributed by atoms with E-state index in [0.29, 0.717) is 6.42 Å². The first kappa shape index (κ1) is 19.5. The first-order chi connectivity index (χ1) is 13.3. The fraction of sp³-hybridized carbons (Fsp3) is 0.600. The molecule has 3 rings (SSSR count). The quantitative estimate of drug-likeness (QED) is 0.676. The first-order valence-electron chi connectivity index (χ1n) is 10.1. The molecule has 1 aromatic carbocycles. The fourth-order valence-electron chi connectivity index (χ4n) is 3.42. The normalized spacial score (nSPS) is 15.2. The molecule has 0 atom stereocenters. The molecule has 0 N–H and O–H groups in total. The first-order valence-corrected chi connectivity index (χ1v) is 10.1. The minimum Gasteiger partial charge on any atom is -0.340 e. The lowest BCUT2D eigenvalue weighted by atomic mass is 10.1. The van der Waals surface area contributed by atoms with Crippen LogP contribution in [0.4, 0.5) is 0 Å². The van der Waals surface area contributed by atoms with Gasteiger partial charge in [-0.05, 0) is 35.3 Å². The van der Waals surface area contributed by atoms with Crippen molar-refractivity contribution in [1.29, 1.82) is 0 Å². The van der Waals surface area contributed by atoms with Crippen LogP contribution in [0.5, 0.6) is 0 Å². The highest BCUT2D eigenvalue weighted by Gasteiger charge is 2.22. The van der Waals surface area contributed by atoms with Crippen molar-refractivity contribution in [3.05, 3.63) is 41.7 Å². The van der Waals surface area contributed by atoms with Gasteiger partial charge in [0, 0.05) is 39.1 Å².